The van der Waals surface area contributed by atoms with Gasteiger partial charge in [-0.2, -0.15) is 0 Å². The second-order valence-electron chi connectivity index (χ2n) is 6.19. The fourth-order valence-corrected chi connectivity index (χ4v) is 2.79. The molecule has 2 unspecified atom stereocenters. The number of phenolic OH excluding ortho intramolecular Hbond substituents is 1. The van der Waals surface area contributed by atoms with Gasteiger partial charge in [0.1, 0.15) is 5.75 Å². The van der Waals surface area contributed by atoms with E-state index >= 15 is 0 Å². The second-order valence-corrected chi connectivity index (χ2v) is 6.19. The van der Waals surface area contributed by atoms with Gasteiger partial charge in [0, 0.05) is 26.1 Å². The summed E-state index contributed by atoms with van der Waals surface area (Å²) in [5.74, 6) is 0.255. The molecule has 2 atom stereocenters. The first kappa shape index (κ1) is 18.8. The molecule has 0 aromatic heterocycles. The molecule has 134 valence electrons. The minimum absolute atomic E-state index is 0.0691. The highest BCUT2D eigenvalue weighted by molar-refractivity contribution is 5.74. The lowest BCUT2D eigenvalue weighted by molar-refractivity contribution is 0.192. The van der Waals surface area contributed by atoms with Gasteiger partial charge < -0.3 is 20.4 Å². The van der Waals surface area contributed by atoms with Gasteiger partial charge >= 0.3 is 6.03 Å². The second kappa shape index (κ2) is 9.08. The predicted octanol–water partition coefficient (Wildman–Crippen LogP) is 3.26. The Morgan fingerprint density at radius 1 is 1.12 bits per heavy atom. The molecule has 0 saturated heterocycles. The Labute approximate surface area is 148 Å². The molecule has 2 aromatic carbocycles. The SMILES string of the molecule is CC(c1cccc(O)c1)N(C)C(=O)NCC(CCO)c1ccccc1. The van der Waals surface area contributed by atoms with Crippen molar-refractivity contribution in [2.75, 3.05) is 20.2 Å². The number of rotatable bonds is 7. The van der Waals surface area contributed by atoms with Crippen LogP contribution in [0.1, 0.15) is 36.4 Å². The van der Waals surface area contributed by atoms with E-state index in [4.69, 9.17) is 0 Å². The van der Waals surface area contributed by atoms with E-state index in [1.54, 1.807) is 30.1 Å². The Hall–Kier alpha value is -2.53. The highest BCUT2D eigenvalue weighted by Crippen LogP contribution is 2.23. The van der Waals surface area contributed by atoms with Gasteiger partial charge in [-0.25, -0.2) is 4.79 Å². The van der Waals surface area contributed by atoms with Crippen molar-refractivity contribution < 1.29 is 15.0 Å². The molecule has 0 bridgehead atoms. The molecule has 0 aliphatic carbocycles. The van der Waals surface area contributed by atoms with Crippen LogP contribution in [0.4, 0.5) is 4.79 Å². The van der Waals surface area contributed by atoms with Crippen LogP contribution in [0.15, 0.2) is 54.6 Å². The van der Waals surface area contributed by atoms with Crippen LogP contribution < -0.4 is 5.32 Å². The third kappa shape index (κ3) is 5.22. The Morgan fingerprint density at radius 3 is 2.44 bits per heavy atom. The van der Waals surface area contributed by atoms with Gasteiger partial charge in [-0.3, -0.25) is 0 Å². The maximum Gasteiger partial charge on any atom is 0.317 e. The van der Waals surface area contributed by atoms with E-state index in [0.29, 0.717) is 13.0 Å². The van der Waals surface area contributed by atoms with Crippen LogP contribution in [0.25, 0.3) is 0 Å². The number of amides is 2. The minimum Gasteiger partial charge on any atom is -0.508 e. The Bertz CT molecular complexity index is 676. The molecule has 2 amide bonds. The third-order valence-corrected chi connectivity index (χ3v) is 4.50. The van der Waals surface area contributed by atoms with E-state index in [1.165, 1.54) is 0 Å². The topological polar surface area (TPSA) is 72.8 Å². The van der Waals surface area contributed by atoms with E-state index in [1.807, 2.05) is 43.3 Å². The van der Waals surface area contributed by atoms with Gasteiger partial charge in [0.25, 0.3) is 0 Å². The van der Waals surface area contributed by atoms with E-state index < -0.39 is 0 Å². The van der Waals surface area contributed by atoms with Gasteiger partial charge in [-0.05, 0) is 36.6 Å². The molecule has 5 heteroatoms. The van der Waals surface area contributed by atoms with E-state index in [0.717, 1.165) is 11.1 Å². The molecule has 0 aliphatic heterocycles. The Balaban J connectivity index is 1.97. The van der Waals surface area contributed by atoms with Gasteiger partial charge in [-0.1, -0.05) is 42.5 Å². The highest BCUT2D eigenvalue weighted by atomic mass is 16.3. The Morgan fingerprint density at radius 2 is 1.80 bits per heavy atom. The van der Waals surface area contributed by atoms with Crippen LogP contribution in [0, 0.1) is 0 Å². The average Bonchev–Trinajstić information content (AvgIpc) is 2.64. The number of nitrogens with zero attached hydrogens (tertiary/aromatic N) is 1. The summed E-state index contributed by atoms with van der Waals surface area (Å²) in [7, 11) is 1.73. The number of aromatic hydroxyl groups is 1. The standard InChI is InChI=1S/C20H26N2O3/c1-15(17-9-6-10-19(24)13-17)22(2)20(25)21-14-18(11-12-23)16-7-4-3-5-8-16/h3-10,13,15,18,23-24H,11-12,14H2,1-2H3,(H,21,25). The number of nitrogens with one attached hydrogen (secondary N) is 1. The van der Waals surface area contributed by atoms with Gasteiger partial charge in [-0.15, -0.1) is 0 Å². The van der Waals surface area contributed by atoms with Crippen LogP contribution in [0.3, 0.4) is 0 Å². The van der Waals surface area contributed by atoms with Crippen LogP contribution in [-0.4, -0.2) is 41.3 Å². The number of benzene rings is 2. The normalized spacial score (nSPS) is 13.1. The maximum absolute atomic E-state index is 12.5. The monoisotopic (exact) mass is 342 g/mol. The number of aliphatic hydroxyl groups is 1. The maximum atomic E-state index is 12.5. The molecule has 0 aliphatic rings. The van der Waals surface area contributed by atoms with Gasteiger partial charge in [0.05, 0.1) is 6.04 Å². The quantitative estimate of drug-likeness (QED) is 0.723. The van der Waals surface area contributed by atoms with Crippen molar-refractivity contribution in [2.45, 2.75) is 25.3 Å². The van der Waals surface area contributed by atoms with Crippen LogP contribution in [0.5, 0.6) is 5.75 Å². The summed E-state index contributed by atoms with van der Waals surface area (Å²) in [5, 5.41) is 21.8. The first-order valence-corrected chi connectivity index (χ1v) is 8.48. The van der Waals surface area contributed by atoms with Gasteiger partial charge in [0.2, 0.25) is 0 Å². The fraction of sp³-hybridized carbons (Fsp3) is 0.350. The first-order valence-electron chi connectivity index (χ1n) is 8.48. The Kier molecular flexibility index (Phi) is 6.83. The molecule has 0 saturated carbocycles. The van der Waals surface area contributed by atoms with E-state index in [-0.39, 0.29) is 30.3 Å². The number of aliphatic hydroxyl groups excluding tert-OH is 1. The number of hydrogen-bond donors (Lipinski definition) is 3. The number of hydrogen-bond acceptors (Lipinski definition) is 3. The molecule has 0 spiro atoms. The van der Waals surface area contributed by atoms with Gasteiger partial charge in [0.15, 0.2) is 0 Å². The van der Waals surface area contributed by atoms with Crippen LogP contribution in [0.2, 0.25) is 0 Å². The molecule has 3 N–H and O–H groups in total. The summed E-state index contributed by atoms with van der Waals surface area (Å²) in [5.41, 5.74) is 1.97. The summed E-state index contributed by atoms with van der Waals surface area (Å²) in [6.45, 7) is 2.45. The third-order valence-electron chi connectivity index (χ3n) is 4.50. The molecule has 0 fully saturated rings. The number of carbonyl (C=O) groups is 1. The molecule has 2 rings (SSSR count). The number of carbonyl (C=O) groups excluding carboxylic acids is 1. The van der Waals surface area contributed by atoms with E-state index in [2.05, 4.69) is 5.32 Å². The van der Waals surface area contributed by atoms with Crippen LogP contribution >= 0.6 is 0 Å². The predicted molar refractivity (Wildman–Crippen MR) is 98.6 cm³/mol. The summed E-state index contributed by atoms with van der Waals surface area (Å²) in [6, 6.07) is 16.4. The smallest absolute Gasteiger partial charge is 0.317 e. The zero-order chi connectivity index (χ0) is 18.2. The van der Waals surface area contributed by atoms with Crippen molar-refractivity contribution in [3.8, 4) is 5.75 Å². The number of phenols is 1. The summed E-state index contributed by atoms with van der Waals surface area (Å²) < 4.78 is 0. The largest absolute Gasteiger partial charge is 0.508 e. The van der Waals surface area contributed by atoms with Crippen molar-refractivity contribution in [1.82, 2.24) is 10.2 Å². The molecule has 0 radical (unpaired) electrons. The summed E-state index contributed by atoms with van der Waals surface area (Å²) in [6.07, 6.45) is 0.593. The average molecular weight is 342 g/mol. The summed E-state index contributed by atoms with van der Waals surface area (Å²) in [4.78, 5) is 14.1. The van der Waals surface area contributed by atoms with E-state index in [9.17, 15) is 15.0 Å². The molecule has 5 nitrogen and oxygen atoms in total. The fourth-order valence-electron chi connectivity index (χ4n) is 2.79. The number of urea groups is 1. The van der Waals surface area contributed by atoms with Crippen molar-refractivity contribution in [3.05, 3.63) is 65.7 Å². The molecule has 2 aromatic rings. The summed E-state index contributed by atoms with van der Waals surface area (Å²) >= 11 is 0. The zero-order valence-corrected chi connectivity index (χ0v) is 14.7. The molecule has 25 heavy (non-hydrogen) atoms. The lowest BCUT2D eigenvalue weighted by Gasteiger charge is -2.27. The minimum atomic E-state index is -0.185. The first-order chi connectivity index (χ1) is 12.0. The van der Waals surface area contributed by atoms with Crippen molar-refractivity contribution in [3.63, 3.8) is 0 Å². The molecule has 0 heterocycles. The molecular weight excluding hydrogens is 316 g/mol. The highest BCUT2D eigenvalue weighted by Gasteiger charge is 2.19. The van der Waals surface area contributed by atoms with Crippen molar-refractivity contribution in [1.29, 1.82) is 0 Å². The lowest BCUT2D eigenvalue weighted by atomic mass is 9.96. The van der Waals surface area contributed by atoms with Crippen molar-refractivity contribution >= 4 is 6.03 Å². The molecular formula is C20H26N2O3. The zero-order valence-electron chi connectivity index (χ0n) is 14.7. The van der Waals surface area contributed by atoms with Crippen LogP contribution in [-0.2, 0) is 0 Å². The lowest BCUT2D eigenvalue weighted by Crippen LogP contribution is -2.40. The van der Waals surface area contributed by atoms with Crippen molar-refractivity contribution in [2.24, 2.45) is 0 Å².